The minimum atomic E-state index is -3.85. The van der Waals surface area contributed by atoms with E-state index in [1.165, 1.54) is 4.90 Å². The first kappa shape index (κ1) is 31.9. The fourth-order valence-corrected chi connectivity index (χ4v) is 6.23. The Labute approximate surface area is 254 Å². The molecular weight excluding hydrogens is 566 g/mol. The average molecular weight is 608 g/mol. The molecule has 3 aromatic carbocycles. The summed E-state index contributed by atoms with van der Waals surface area (Å²) in [5, 5.41) is 3.17. The third-order valence-corrected chi connectivity index (χ3v) is 8.72. The highest BCUT2D eigenvalue weighted by Gasteiger charge is 2.34. The maximum Gasteiger partial charge on any atom is 0.244 e. The van der Waals surface area contributed by atoms with Crippen molar-refractivity contribution < 1.29 is 27.5 Å². The van der Waals surface area contributed by atoms with Crippen LogP contribution < -0.4 is 19.1 Å². The second-order valence-electron chi connectivity index (χ2n) is 10.8. The fraction of sp³-hybridized carbons (Fsp3) is 0.394. The topological polar surface area (TPSA) is 105 Å². The van der Waals surface area contributed by atoms with Crippen LogP contribution in [-0.2, 0) is 32.6 Å². The molecule has 0 aromatic heterocycles. The lowest BCUT2D eigenvalue weighted by molar-refractivity contribution is -0.140. The summed E-state index contributed by atoms with van der Waals surface area (Å²) in [5.74, 6) is 0.466. The first-order valence-corrected chi connectivity index (χ1v) is 16.5. The van der Waals surface area contributed by atoms with Crippen LogP contribution in [0, 0.1) is 0 Å². The Morgan fingerprint density at radius 3 is 2.23 bits per heavy atom. The molecule has 1 N–H and O–H groups in total. The van der Waals surface area contributed by atoms with Crippen molar-refractivity contribution in [2.24, 2.45) is 0 Å². The van der Waals surface area contributed by atoms with Crippen molar-refractivity contribution in [2.45, 2.75) is 57.7 Å². The van der Waals surface area contributed by atoms with Gasteiger partial charge in [0, 0.05) is 19.0 Å². The van der Waals surface area contributed by atoms with Crippen molar-refractivity contribution >= 4 is 27.5 Å². The zero-order chi connectivity index (χ0) is 30.8. The van der Waals surface area contributed by atoms with E-state index in [-0.39, 0.29) is 24.9 Å². The third-order valence-electron chi connectivity index (χ3n) is 7.57. The number of amides is 2. The van der Waals surface area contributed by atoms with Gasteiger partial charge in [-0.1, -0.05) is 55.3 Å². The zero-order valence-electron chi connectivity index (χ0n) is 25.1. The number of nitrogens with zero attached hydrogens (tertiary/aromatic N) is 2. The molecule has 0 bridgehead atoms. The summed E-state index contributed by atoms with van der Waals surface area (Å²) in [5.41, 5.74) is 1.98. The largest absolute Gasteiger partial charge is 0.497 e. The van der Waals surface area contributed by atoms with Gasteiger partial charge in [-0.2, -0.15) is 0 Å². The average Bonchev–Trinajstić information content (AvgIpc) is 3.51. The molecule has 0 heterocycles. The summed E-state index contributed by atoms with van der Waals surface area (Å²) in [6, 6.07) is 22.6. The summed E-state index contributed by atoms with van der Waals surface area (Å²) >= 11 is 0. The second kappa shape index (κ2) is 14.9. The number of benzene rings is 3. The van der Waals surface area contributed by atoms with Crippen LogP contribution in [0.3, 0.4) is 0 Å². The van der Waals surface area contributed by atoms with Crippen molar-refractivity contribution in [3.05, 3.63) is 90.0 Å². The first-order chi connectivity index (χ1) is 20.7. The molecule has 1 aliphatic rings. The summed E-state index contributed by atoms with van der Waals surface area (Å²) in [4.78, 5) is 29.7. The van der Waals surface area contributed by atoms with Crippen molar-refractivity contribution in [3.63, 3.8) is 0 Å². The van der Waals surface area contributed by atoms with Gasteiger partial charge in [0.25, 0.3) is 0 Å². The highest BCUT2D eigenvalue weighted by molar-refractivity contribution is 7.92. The molecule has 3 aromatic rings. The van der Waals surface area contributed by atoms with Gasteiger partial charge in [0.2, 0.25) is 21.8 Å². The maximum atomic E-state index is 14.3. The van der Waals surface area contributed by atoms with Crippen molar-refractivity contribution in [1.82, 2.24) is 10.2 Å². The van der Waals surface area contributed by atoms with Crippen LogP contribution in [0.1, 0.15) is 43.7 Å². The molecule has 0 radical (unpaired) electrons. The smallest absolute Gasteiger partial charge is 0.244 e. The molecule has 1 fully saturated rings. The van der Waals surface area contributed by atoms with Gasteiger partial charge < -0.3 is 19.7 Å². The van der Waals surface area contributed by atoms with E-state index in [0.717, 1.165) is 47.4 Å². The van der Waals surface area contributed by atoms with Gasteiger partial charge >= 0.3 is 0 Å². The molecule has 10 heteroatoms. The summed E-state index contributed by atoms with van der Waals surface area (Å²) in [7, 11) is -2.29. The van der Waals surface area contributed by atoms with E-state index in [2.05, 4.69) is 5.32 Å². The Balaban J connectivity index is 1.71. The monoisotopic (exact) mass is 607 g/mol. The standard InChI is InChI=1S/C33H41N3O6S/c1-4-42-29-19-17-28(18-20-29)36(43(3,39)40)24-32(37)35(23-26-13-10-16-30(21-26)41-2)31(22-25-11-6-5-7-12-25)33(38)34-27-14-8-9-15-27/h5-7,10-13,16-21,27,31H,4,8-9,14-15,22-24H2,1-3H3,(H,34,38). The minimum Gasteiger partial charge on any atom is -0.497 e. The number of carbonyl (C=O) groups is 2. The van der Waals surface area contributed by atoms with Crippen LogP contribution in [0.4, 0.5) is 5.69 Å². The van der Waals surface area contributed by atoms with Gasteiger partial charge in [0.15, 0.2) is 0 Å². The zero-order valence-corrected chi connectivity index (χ0v) is 25.9. The molecule has 0 aliphatic heterocycles. The number of carbonyl (C=O) groups excluding carboxylic acids is 2. The van der Waals surface area contributed by atoms with Crippen LogP contribution in [0.15, 0.2) is 78.9 Å². The molecule has 1 atom stereocenters. The highest BCUT2D eigenvalue weighted by atomic mass is 32.2. The van der Waals surface area contributed by atoms with Crippen LogP contribution in [0.5, 0.6) is 11.5 Å². The van der Waals surface area contributed by atoms with Crippen LogP contribution in [0.25, 0.3) is 0 Å². The predicted octanol–water partition coefficient (Wildman–Crippen LogP) is 4.56. The molecule has 230 valence electrons. The molecule has 9 nitrogen and oxygen atoms in total. The van der Waals surface area contributed by atoms with Gasteiger partial charge in [-0.05, 0) is 67.3 Å². The van der Waals surface area contributed by atoms with E-state index in [0.29, 0.717) is 23.8 Å². The molecule has 4 rings (SSSR count). The summed E-state index contributed by atoms with van der Waals surface area (Å²) in [6.45, 7) is 1.95. The number of hydrogen-bond donors (Lipinski definition) is 1. The Morgan fingerprint density at radius 2 is 1.60 bits per heavy atom. The van der Waals surface area contributed by atoms with Gasteiger partial charge in [0.1, 0.15) is 24.1 Å². The van der Waals surface area contributed by atoms with Crippen LogP contribution in [-0.4, -0.2) is 63.7 Å². The molecule has 0 saturated heterocycles. The number of methoxy groups -OCH3 is 1. The number of ether oxygens (including phenoxy) is 2. The lowest BCUT2D eigenvalue weighted by atomic mass is 10.0. The lowest BCUT2D eigenvalue weighted by Crippen LogP contribution is -2.54. The Kier molecular flexibility index (Phi) is 11.1. The fourth-order valence-electron chi connectivity index (χ4n) is 5.38. The van der Waals surface area contributed by atoms with Gasteiger partial charge in [-0.3, -0.25) is 13.9 Å². The highest BCUT2D eigenvalue weighted by Crippen LogP contribution is 2.24. The number of nitrogens with one attached hydrogen (secondary N) is 1. The van der Waals surface area contributed by atoms with E-state index < -0.39 is 28.5 Å². The Bertz CT molecular complexity index is 1460. The molecular formula is C33H41N3O6S. The van der Waals surface area contributed by atoms with Crippen molar-refractivity contribution in [1.29, 1.82) is 0 Å². The first-order valence-electron chi connectivity index (χ1n) is 14.6. The van der Waals surface area contributed by atoms with E-state index >= 15 is 0 Å². The Morgan fingerprint density at radius 1 is 0.930 bits per heavy atom. The molecule has 1 saturated carbocycles. The number of hydrogen-bond acceptors (Lipinski definition) is 6. The van der Waals surface area contributed by atoms with Crippen LogP contribution >= 0.6 is 0 Å². The van der Waals surface area contributed by atoms with E-state index in [4.69, 9.17) is 9.47 Å². The van der Waals surface area contributed by atoms with E-state index in [1.807, 2.05) is 55.5 Å². The normalized spacial score (nSPS) is 14.1. The lowest BCUT2D eigenvalue weighted by Gasteiger charge is -2.34. The van der Waals surface area contributed by atoms with Crippen molar-refractivity contribution in [3.8, 4) is 11.5 Å². The SMILES string of the molecule is CCOc1ccc(N(CC(=O)N(Cc2cccc(OC)c2)C(Cc2ccccc2)C(=O)NC2CCCC2)S(C)(=O)=O)cc1. The second-order valence-corrected chi connectivity index (χ2v) is 12.7. The summed E-state index contributed by atoms with van der Waals surface area (Å²) in [6.07, 6.45) is 5.23. The predicted molar refractivity (Wildman–Crippen MR) is 168 cm³/mol. The summed E-state index contributed by atoms with van der Waals surface area (Å²) < 4.78 is 38.0. The van der Waals surface area contributed by atoms with E-state index in [1.54, 1.807) is 37.4 Å². The van der Waals surface area contributed by atoms with Gasteiger partial charge in [0.05, 0.1) is 25.7 Å². The number of rotatable bonds is 14. The maximum absolute atomic E-state index is 14.3. The molecule has 1 aliphatic carbocycles. The van der Waals surface area contributed by atoms with E-state index in [9.17, 15) is 18.0 Å². The molecule has 1 unspecified atom stereocenters. The minimum absolute atomic E-state index is 0.0518. The third kappa shape index (κ3) is 8.97. The number of sulfonamides is 1. The Hall–Kier alpha value is -4.05. The molecule has 0 spiro atoms. The molecule has 43 heavy (non-hydrogen) atoms. The number of anilines is 1. The van der Waals surface area contributed by atoms with Crippen LogP contribution in [0.2, 0.25) is 0 Å². The quantitative estimate of drug-likeness (QED) is 0.288. The molecule has 2 amide bonds. The van der Waals surface area contributed by atoms with Gasteiger partial charge in [-0.25, -0.2) is 8.42 Å². The van der Waals surface area contributed by atoms with Crippen molar-refractivity contribution in [2.75, 3.05) is 30.8 Å². The van der Waals surface area contributed by atoms with Gasteiger partial charge in [-0.15, -0.1) is 0 Å².